The van der Waals surface area contributed by atoms with Gasteiger partial charge < -0.3 is 0 Å². The predicted octanol–water partition coefficient (Wildman–Crippen LogP) is 4.43. The van der Waals surface area contributed by atoms with Crippen LogP contribution in [0.1, 0.15) is 11.4 Å². The van der Waals surface area contributed by atoms with E-state index < -0.39 is 23.7 Å². The SMILES string of the molecule is FC(F)(F)c1ccc(-c2cn3c(C(F)(F)F)ncc3cn2)cc1. The van der Waals surface area contributed by atoms with Crippen LogP contribution in [-0.2, 0) is 12.4 Å². The van der Waals surface area contributed by atoms with Crippen molar-refractivity contribution in [3.63, 3.8) is 0 Å². The number of rotatable bonds is 1. The van der Waals surface area contributed by atoms with Crippen LogP contribution in [0.2, 0.25) is 0 Å². The molecule has 3 rings (SSSR count). The van der Waals surface area contributed by atoms with Gasteiger partial charge in [0, 0.05) is 11.8 Å². The normalized spacial score (nSPS) is 12.8. The van der Waals surface area contributed by atoms with Gasteiger partial charge in [-0.1, -0.05) is 12.1 Å². The second-order valence-corrected chi connectivity index (χ2v) is 4.72. The smallest absolute Gasteiger partial charge is 0.292 e. The summed E-state index contributed by atoms with van der Waals surface area (Å²) in [5, 5.41) is 0. The van der Waals surface area contributed by atoms with E-state index in [1.54, 1.807) is 0 Å². The fourth-order valence-electron chi connectivity index (χ4n) is 2.09. The molecular weight excluding hydrogens is 324 g/mol. The molecule has 9 heteroatoms. The minimum Gasteiger partial charge on any atom is -0.292 e. The first-order valence-electron chi connectivity index (χ1n) is 6.24. The Morgan fingerprint density at radius 2 is 1.39 bits per heavy atom. The summed E-state index contributed by atoms with van der Waals surface area (Å²) in [4.78, 5) is 7.25. The molecule has 0 radical (unpaired) electrons. The lowest BCUT2D eigenvalue weighted by atomic mass is 10.1. The zero-order valence-corrected chi connectivity index (χ0v) is 11.2. The van der Waals surface area contributed by atoms with Crippen LogP contribution in [0.5, 0.6) is 0 Å². The van der Waals surface area contributed by atoms with Crippen LogP contribution in [0.15, 0.2) is 42.9 Å². The molecule has 0 N–H and O–H groups in total. The number of hydrogen-bond acceptors (Lipinski definition) is 2. The number of benzene rings is 1. The van der Waals surface area contributed by atoms with Crippen molar-refractivity contribution in [2.24, 2.45) is 0 Å². The third-order valence-corrected chi connectivity index (χ3v) is 3.17. The molecule has 0 unspecified atom stereocenters. The van der Waals surface area contributed by atoms with Crippen LogP contribution >= 0.6 is 0 Å². The first-order chi connectivity index (χ1) is 10.7. The van der Waals surface area contributed by atoms with Crippen molar-refractivity contribution in [1.29, 1.82) is 0 Å². The highest BCUT2D eigenvalue weighted by Gasteiger charge is 2.36. The van der Waals surface area contributed by atoms with Crippen molar-refractivity contribution < 1.29 is 26.3 Å². The van der Waals surface area contributed by atoms with Crippen LogP contribution in [0.25, 0.3) is 16.8 Å². The first-order valence-corrected chi connectivity index (χ1v) is 6.24. The number of nitrogens with zero attached hydrogens (tertiary/aromatic N) is 3. The molecule has 0 atom stereocenters. The molecule has 2 aromatic heterocycles. The Balaban J connectivity index is 2.07. The molecule has 3 nitrogen and oxygen atoms in total. The maximum absolute atomic E-state index is 12.8. The first kappa shape index (κ1) is 15.3. The topological polar surface area (TPSA) is 30.2 Å². The summed E-state index contributed by atoms with van der Waals surface area (Å²) >= 11 is 0. The molecule has 3 aromatic rings. The largest absolute Gasteiger partial charge is 0.450 e. The molecule has 0 aliphatic rings. The third kappa shape index (κ3) is 2.86. The summed E-state index contributed by atoms with van der Waals surface area (Å²) in [5.41, 5.74) is -0.342. The highest BCUT2D eigenvalue weighted by Crippen LogP contribution is 2.32. The molecule has 0 aliphatic heterocycles. The fraction of sp³-hybridized carbons (Fsp3) is 0.143. The summed E-state index contributed by atoms with van der Waals surface area (Å²) in [5.74, 6) is -1.12. The van der Waals surface area contributed by atoms with E-state index in [4.69, 9.17) is 0 Å². The third-order valence-electron chi connectivity index (χ3n) is 3.17. The van der Waals surface area contributed by atoms with E-state index >= 15 is 0 Å². The molecule has 1 aromatic carbocycles. The maximum Gasteiger partial charge on any atom is 0.450 e. The zero-order valence-electron chi connectivity index (χ0n) is 11.2. The van der Waals surface area contributed by atoms with Gasteiger partial charge in [0.2, 0.25) is 5.82 Å². The molecule has 120 valence electrons. The van der Waals surface area contributed by atoms with Gasteiger partial charge in [0.05, 0.1) is 29.2 Å². The molecule has 0 amide bonds. The Kier molecular flexibility index (Phi) is 3.31. The molecule has 2 heterocycles. The summed E-state index contributed by atoms with van der Waals surface area (Å²) < 4.78 is 76.9. The van der Waals surface area contributed by atoms with Gasteiger partial charge in [-0.2, -0.15) is 26.3 Å². The second-order valence-electron chi connectivity index (χ2n) is 4.72. The predicted molar refractivity (Wildman–Crippen MR) is 68.4 cm³/mol. The summed E-state index contributed by atoms with van der Waals surface area (Å²) in [6.07, 6.45) is -5.84. The monoisotopic (exact) mass is 331 g/mol. The highest BCUT2D eigenvalue weighted by molar-refractivity contribution is 5.61. The van der Waals surface area contributed by atoms with E-state index in [1.165, 1.54) is 6.20 Å². The average Bonchev–Trinajstić information content (AvgIpc) is 2.89. The molecular formula is C14H7F6N3. The van der Waals surface area contributed by atoms with E-state index in [0.717, 1.165) is 41.1 Å². The molecule has 0 saturated carbocycles. The van der Waals surface area contributed by atoms with Crippen LogP contribution in [0.4, 0.5) is 26.3 Å². The van der Waals surface area contributed by atoms with Crippen LogP contribution in [0, 0.1) is 0 Å². The van der Waals surface area contributed by atoms with Crippen molar-refractivity contribution >= 4 is 5.52 Å². The quantitative estimate of drug-likeness (QED) is 0.617. The van der Waals surface area contributed by atoms with E-state index in [1.807, 2.05) is 0 Å². The van der Waals surface area contributed by atoms with Crippen molar-refractivity contribution in [3.05, 3.63) is 54.2 Å². The van der Waals surface area contributed by atoms with Crippen molar-refractivity contribution in [1.82, 2.24) is 14.4 Å². The molecule has 23 heavy (non-hydrogen) atoms. The second kappa shape index (κ2) is 4.97. The van der Waals surface area contributed by atoms with Gasteiger partial charge in [-0.15, -0.1) is 0 Å². The van der Waals surface area contributed by atoms with Gasteiger partial charge in [0.15, 0.2) is 0 Å². The van der Waals surface area contributed by atoms with Gasteiger partial charge in [0.1, 0.15) is 0 Å². The van der Waals surface area contributed by atoms with E-state index in [2.05, 4.69) is 9.97 Å². The molecule has 0 bridgehead atoms. The number of imidazole rings is 1. The maximum atomic E-state index is 12.8. The van der Waals surface area contributed by atoms with Crippen LogP contribution < -0.4 is 0 Å². The fourth-order valence-corrected chi connectivity index (χ4v) is 2.09. The Labute approximate surface area is 125 Å². The minimum atomic E-state index is -4.65. The van der Waals surface area contributed by atoms with E-state index in [0.29, 0.717) is 0 Å². The standard InChI is InChI=1S/C14H7F6N3/c15-13(16,17)9-3-1-8(2-4-9)11-7-23-10(5-21-11)6-22-12(23)14(18,19)20/h1-7H. The average molecular weight is 331 g/mol. The van der Waals surface area contributed by atoms with Gasteiger partial charge >= 0.3 is 12.4 Å². The Hall–Kier alpha value is -2.58. The van der Waals surface area contributed by atoms with Crippen LogP contribution in [-0.4, -0.2) is 14.4 Å². The summed E-state index contributed by atoms with van der Waals surface area (Å²) in [6.45, 7) is 0. The molecule has 0 aliphatic carbocycles. The van der Waals surface area contributed by atoms with Crippen molar-refractivity contribution in [2.45, 2.75) is 12.4 Å². The lowest BCUT2D eigenvalue weighted by Gasteiger charge is -2.09. The van der Waals surface area contributed by atoms with Crippen molar-refractivity contribution in [2.75, 3.05) is 0 Å². The Morgan fingerprint density at radius 1 is 0.783 bits per heavy atom. The molecule has 0 spiro atoms. The lowest BCUT2D eigenvalue weighted by Crippen LogP contribution is -2.11. The van der Waals surface area contributed by atoms with Crippen molar-refractivity contribution in [3.8, 4) is 11.3 Å². The summed E-state index contributed by atoms with van der Waals surface area (Å²) in [7, 11) is 0. The van der Waals surface area contributed by atoms with Gasteiger partial charge in [0.25, 0.3) is 0 Å². The lowest BCUT2D eigenvalue weighted by molar-refractivity contribution is -0.145. The number of aromatic nitrogens is 3. The number of fused-ring (bicyclic) bond motifs is 1. The van der Waals surface area contributed by atoms with E-state index in [9.17, 15) is 26.3 Å². The van der Waals surface area contributed by atoms with Crippen LogP contribution in [0.3, 0.4) is 0 Å². The minimum absolute atomic E-state index is 0.106. The Bertz CT molecular complexity index is 846. The van der Waals surface area contributed by atoms with Gasteiger partial charge in [-0.3, -0.25) is 9.38 Å². The Morgan fingerprint density at radius 3 is 1.96 bits per heavy atom. The number of alkyl halides is 6. The van der Waals surface area contributed by atoms with Gasteiger partial charge in [-0.25, -0.2) is 4.98 Å². The highest BCUT2D eigenvalue weighted by atomic mass is 19.4. The molecule has 0 fully saturated rings. The van der Waals surface area contributed by atoms with Gasteiger partial charge in [-0.05, 0) is 12.1 Å². The molecule has 0 saturated heterocycles. The number of halogens is 6. The number of hydrogen-bond donors (Lipinski definition) is 0. The van der Waals surface area contributed by atoms with E-state index in [-0.39, 0.29) is 16.8 Å². The summed E-state index contributed by atoms with van der Waals surface area (Å²) in [6, 6.07) is 4.00. The zero-order chi connectivity index (χ0) is 16.8.